The highest BCUT2D eigenvalue weighted by molar-refractivity contribution is 7.90. The molecule has 2 fully saturated rings. The van der Waals surface area contributed by atoms with Crippen LogP contribution in [-0.2, 0) is 14.6 Å². The number of hydrogen-bond donors (Lipinski definition) is 3. The number of sulfone groups is 1. The highest BCUT2D eigenvalue weighted by atomic mass is 32.2. The number of ether oxygens (including phenoxy) is 1. The van der Waals surface area contributed by atoms with Crippen molar-refractivity contribution in [3.63, 3.8) is 0 Å². The van der Waals surface area contributed by atoms with Gasteiger partial charge in [-0.2, -0.15) is 0 Å². The molecule has 0 heterocycles. The number of amides is 1. The maximum absolute atomic E-state index is 12.3. The largest absolute Gasteiger partial charge is 0.493 e. The minimum Gasteiger partial charge on any atom is -0.493 e. The summed E-state index contributed by atoms with van der Waals surface area (Å²) in [7, 11) is -3.26. The summed E-state index contributed by atoms with van der Waals surface area (Å²) in [5.74, 6) is 0.144. The molecule has 0 aliphatic heterocycles. The summed E-state index contributed by atoms with van der Waals surface area (Å²) in [5.41, 5.74) is 0. The minimum absolute atomic E-state index is 0.0120. The SMILES string of the molecule is CS(=O)(=O)c1ccc(OCC2CC(NC(=O)C3CCCC3)C(O)C2O)cc1. The topological polar surface area (TPSA) is 113 Å². The van der Waals surface area contributed by atoms with E-state index < -0.39 is 28.1 Å². The molecule has 3 rings (SSSR count). The van der Waals surface area contributed by atoms with Crippen LogP contribution in [0.4, 0.5) is 0 Å². The number of nitrogens with one attached hydrogen (secondary N) is 1. The Kier molecular flexibility index (Phi) is 6.08. The molecule has 150 valence electrons. The number of aliphatic hydroxyl groups excluding tert-OH is 2. The molecular weight excluding hydrogens is 370 g/mol. The predicted octanol–water partition coefficient (Wildman–Crippen LogP) is 0.886. The Hall–Kier alpha value is -1.64. The third-order valence-corrected chi connectivity index (χ3v) is 6.70. The normalized spacial score (nSPS) is 29.0. The lowest BCUT2D eigenvalue weighted by Gasteiger charge is -2.20. The fourth-order valence-corrected chi connectivity index (χ4v) is 4.54. The zero-order valence-electron chi connectivity index (χ0n) is 15.4. The van der Waals surface area contributed by atoms with Crippen molar-refractivity contribution in [1.82, 2.24) is 5.32 Å². The van der Waals surface area contributed by atoms with Gasteiger partial charge in [-0.1, -0.05) is 12.8 Å². The van der Waals surface area contributed by atoms with Gasteiger partial charge < -0.3 is 20.3 Å². The molecule has 8 heteroatoms. The maximum Gasteiger partial charge on any atom is 0.223 e. The van der Waals surface area contributed by atoms with Crippen LogP contribution in [0.5, 0.6) is 5.75 Å². The second-order valence-electron chi connectivity index (χ2n) is 7.63. The molecule has 7 nitrogen and oxygen atoms in total. The fourth-order valence-electron chi connectivity index (χ4n) is 3.91. The van der Waals surface area contributed by atoms with Gasteiger partial charge in [-0.25, -0.2) is 8.42 Å². The molecule has 1 aromatic carbocycles. The van der Waals surface area contributed by atoms with Crippen molar-refractivity contribution in [1.29, 1.82) is 0 Å². The van der Waals surface area contributed by atoms with Crippen LogP contribution >= 0.6 is 0 Å². The van der Waals surface area contributed by atoms with Crippen LogP contribution in [0.3, 0.4) is 0 Å². The van der Waals surface area contributed by atoms with Crippen molar-refractivity contribution in [3.8, 4) is 5.75 Å². The molecule has 1 amide bonds. The van der Waals surface area contributed by atoms with Gasteiger partial charge in [0.15, 0.2) is 9.84 Å². The van der Waals surface area contributed by atoms with Crippen LogP contribution in [-0.4, -0.2) is 55.7 Å². The van der Waals surface area contributed by atoms with E-state index in [1.807, 2.05) is 0 Å². The zero-order valence-corrected chi connectivity index (χ0v) is 16.2. The van der Waals surface area contributed by atoms with E-state index >= 15 is 0 Å². The first-order valence-electron chi connectivity index (χ1n) is 9.35. The van der Waals surface area contributed by atoms with E-state index in [0.717, 1.165) is 31.9 Å². The van der Waals surface area contributed by atoms with Crippen LogP contribution < -0.4 is 10.1 Å². The molecule has 2 aliphatic carbocycles. The van der Waals surface area contributed by atoms with Crippen molar-refractivity contribution >= 4 is 15.7 Å². The highest BCUT2D eigenvalue weighted by Gasteiger charge is 2.43. The third-order valence-electron chi connectivity index (χ3n) is 5.57. The lowest BCUT2D eigenvalue weighted by molar-refractivity contribution is -0.126. The fraction of sp³-hybridized carbons (Fsp3) is 0.632. The van der Waals surface area contributed by atoms with Crippen LogP contribution in [0, 0.1) is 11.8 Å². The molecule has 0 bridgehead atoms. The molecule has 27 heavy (non-hydrogen) atoms. The Morgan fingerprint density at radius 1 is 1.15 bits per heavy atom. The number of benzene rings is 1. The van der Waals surface area contributed by atoms with Crippen molar-refractivity contribution in [2.24, 2.45) is 11.8 Å². The number of hydrogen-bond acceptors (Lipinski definition) is 6. The Morgan fingerprint density at radius 3 is 2.37 bits per heavy atom. The lowest BCUT2D eigenvalue weighted by atomic mass is 10.1. The van der Waals surface area contributed by atoms with Crippen LogP contribution in [0.2, 0.25) is 0 Å². The molecule has 0 radical (unpaired) electrons. The predicted molar refractivity (Wildman–Crippen MR) is 99.1 cm³/mol. The van der Waals surface area contributed by atoms with Crippen LogP contribution in [0.1, 0.15) is 32.1 Å². The van der Waals surface area contributed by atoms with Gasteiger partial charge in [0.05, 0.1) is 23.6 Å². The molecule has 1 aromatic rings. The zero-order chi connectivity index (χ0) is 19.6. The number of rotatable bonds is 6. The quantitative estimate of drug-likeness (QED) is 0.657. The van der Waals surface area contributed by atoms with Gasteiger partial charge in [0, 0.05) is 18.1 Å². The Balaban J connectivity index is 1.53. The van der Waals surface area contributed by atoms with Gasteiger partial charge >= 0.3 is 0 Å². The molecule has 0 aromatic heterocycles. The van der Waals surface area contributed by atoms with Gasteiger partial charge in [0.25, 0.3) is 0 Å². The monoisotopic (exact) mass is 397 g/mol. The van der Waals surface area contributed by atoms with Crippen molar-refractivity contribution in [2.45, 2.75) is 55.2 Å². The van der Waals surface area contributed by atoms with E-state index in [1.165, 1.54) is 12.1 Å². The summed E-state index contributed by atoms with van der Waals surface area (Å²) < 4.78 is 28.6. The average molecular weight is 397 g/mol. The van der Waals surface area contributed by atoms with E-state index in [4.69, 9.17) is 4.74 Å². The smallest absolute Gasteiger partial charge is 0.223 e. The third kappa shape index (κ3) is 4.80. The van der Waals surface area contributed by atoms with E-state index in [0.29, 0.717) is 12.2 Å². The standard InChI is InChI=1S/C19H27NO6S/c1-27(24,25)15-8-6-14(7-9-15)26-11-13-10-16(18(22)17(13)21)20-19(23)12-4-2-3-5-12/h6-9,12-13,16-18,21-22H,2-5,10-11H2,1H3,(H,20,23). The average Bonchev–Trinajstić information content (AvgIpc) is 3.25. The molecule has 0 saturated heterocycles. The summed E-state index contributed by atoms with van der Waals surface area (Å²) in [5, 5.41) is 23.4. The lowest BCUT2D eigenvalue weighted by Crippen LogP contribution is -2.45. The molecule has 3 N–H and O–H groups in total. The van der Waals surface area contributed by atoms with E-state index in [1.54, 1.807) is 12.1 Å². The van der Waals surface area contributed by atoms with Crippen molar-refractivity contribution in [2.75, 3.05) is 12.9 Å². The van der Waals surface area contributed by atoms with Crippen molar-refractivity contribution in [3.05, 3.63) is 24.3 Å². The van der Waals surface area contributed by atoms with Crippen LogP contribution in [0.25, 0.3) is 0 Å². The van der Waals surface area contributed by atoms with E-state index in [9.17, 15) is 23.4 Å². The van der Waals surface area contributed by atoms with Gasteiger partial charge in [-0.15, -0.1) is 0 Å². The van der Waals surface area contributed by atoms with Gasteiger partial charge in [0.2, 0.25) is 5.91 Å². The molecule has 2 aliphatic rings. The molecule has 4 atom stereocenters. The highest BCUT2D eigenvalue weighted by Crippen LogP contribution is 2.30. The Bertz CT molecular complexity index is 757. The Labute approximate surface area is 159 Å². The first-order chi connectivity index (χ1) is 12.8. The summed E-state index contributed by atoms with van der Waals surface area (Å²) in [6.45, 7) is 0.173. The van der Waals surface area contributed by atoms with Crippen molar-refractivity contribution < 1.29 is 28.2 Å². The van der Waals surface area contributed by atoms with Gasteiger partial charge in [-0.3, -0.25) is 4.79 Å². The number of carbonyl (C=O) groups is 1. The van der Waals surface area contributed by atoms with Crippen LogP contribution in [0.15, 0.2) is 29.2 Å². The first-order valence-corrected chi connectivity index (χ1v) is 11.2. The van der Waals surface area contributed by atoms with Gasteiger partial charge in [0.1, 0.15) is 11.9 Å². The summed E-state index contributed by atoms with van der Waals surface area (Å²) in [6, 6.07) is 5.58. The van der Waals surface area contributed by atoms with E-state index in [-0.39, 0.29) is 29.2 Å². The molecule has 0 spiro atoms. The second kappa shape index (κ2) is 8.16. The number of carbonyl (C=O) groups excluding carboxylic acids is 1. The molecular formula is C19H27NO6S. The van der Waals surface area contributed by atoms with Gasteiger partial charge in [-0.05, 0) is 43.5 Å². The molecule has 4 unspecified atom stereocenters. The maximum atomic E-state index is 12.3. The second-order valence-corrected chi connectivity index (χ2v) is 9.64. The van der Waals surface area contributed by atoms with E-state index in [2.05, 4.69) is 5.32 Å². The minimum atomic E-state index is -3.26. The summed E-state index contributed by atoms with van der Waals surface area (Å²) in [4.78, 5) is 12.5. The Morgan fingerprint density at radius 2 is 1.78 bits per heavy atom. The molecule has 2 saturated carbocycles. The number of aliphatic hydroxyl groups is 2. The summed E-state index contributed by atoms with van der Waals surface area (Å²) >= 11 is 0. The summed E-state index contributed by atoms with van der Waals surface area (Å²) in [6.07, 6.45) is 3.46. The first kappa shape index (κ1) is 20.1.